The second-order valence-electron chi connectivity index (χ2n) is 6.36. The fourth-order valence-electron chi connectivity index (χ4n) is 3.23. The predicted molar refractivity (Wildman–Crippen MR) is 102 cm³/mol. The highest BCUT2D eigenvalue weighted by Crippen LogP contribution is 2.33. The van der Waals surface area contributed by atoms with Crippen molar-refractivity contribution in [3.8, 4) is 5.75 Å². The summed E-state index contributed by atoms with van der Waals surface area (Å²) in [7, 11) is 1.62. The summed E-state index contributed by atoms with van der Waals surface area (Å²) in [6, 6.07) is 5.68. The summed E-state index contributed by atoms with van der Waals surface area (Å²) in [5.41, 5.74) is 1.62. The number of nitrogens with one attached hydrogen (secondary N) is 2. The Balaban J connectivity index is 1.66. The van der Waals surface area contributed by atoms with Crippen molar-refractivity contribution in [2.24, 2.45) is 0 Å². The summed E-state index contributed by atoms with van der Waals surface area (Å²) < 4.78 is 11.0. The van der Waals surface area contributed by atoms with Gasteiger partial charge in [0.1, 0.15) is 5.75 Å². The second kappa shape index (κ2) is 8.49. The van der Waals surface area contributed by atoms with Crippen molar-refractivity contribution in [3.63, 3.8) is 0 Å². The van der Waals surface area contributed by atoms with Crippen molar-refractivity contribution in [3.05, 3.63) is 18.2 Å². The first-order chi connectivity index (χ1) is 12.2. The SMILES string of the molecule is COc1ccc(NC(=S)NCC2CCCO2)cc1N1CCCCC1=O. The van der Waals surface area contributed by atoms with Crippen LogP contribution in [0.5, 0.6) is 5.75 Å². The van der Waals surface area contributed by atoms with Crippen molar-refractivity contribution in [1.29, 1.82) is 0 Å². The van der Waals surface area contributed by atoms with Crippen LogP contribution < -0.4 is 20.3 Å². The number of carbonyl (C=O) groups excluding carboxylic acids is 1. The van der Waals surface area contributed by atoms with Gasteiger partial charge < -0.3 is 25.0 Å². The first-order valence-electron chi connectivity index (χ1n) is 8.82. The van der Waals surface area contributed by atoms with Crippen molar-refractivity contribution in [2.45, 2.75) is 38.2 Å². The molecular formula is C18H25N3O3S. The number of piperidine rings is 1. The molecule has 2 saturated heterocycles. The van der Waals surface area contributed by atoms with Crippen LogP contribution in [0.25, 0.3) is 0 Å². The third-order valence-electron chi connectivity index (χ3n) is 4.57. The maximum absolute atomic E-state index is 12.2. The van der Waals surface area contributed by atoms with Gasteiger partial charge in [0.05, 0.1) is 18.9 Å². The molecule has 0 bridgehead atoms. The van der Waals surface area contributed by atoms with Crippen LogP contribution in [0.2, 0.25) is 0 Å². The minimum Gasteiger partial charge on any atom is -0.495 e. The molecule has 25 heavy (non-hydrogen) atoms. The van der Waals surface area contributed by atoms with Gasteiger partial charge in [0, 0.05) is 31.8 Å². The number of methoxy groups -OCH3 is 1. The molecular weight excluding hydrogens is 338 g/mol. The summed E-state index contributed by atoms with van der Waals surface area (Å²) >= 11 is 5.37. The standard InChI is InChI=1S/C18H25N3O3S/c1-23-16-8-7-13(11-15(16)21-9-3-2-6-17(21)22)20-18(25)19-12-14-5-4-10-24-14/h7-8,11,14H,2-6,9-10,12H2,1H3,(H2,19,20,25). The highest BCUT2D eigenvalue weighted by atomic mass is 32.1. The van der Waals surface area contributed by atoms with Gasteiger partial charge in [0.15, 0.2) is 5.11 Å². The van der Waals surface area contributed by atoms with Crippen molar-refractivity contribution in [2.75, 3.05) is 37.0 Å². The number of hydrogen-bond acceptors (Lipinski definition) is 4. The van der Waals surface area contributed by atoms with Crippen LogP contribution in [0, 0.1) is 0 Å². The van der Waals surface area contributed by atoms with Gasteiger partial charge in [-0.15, -0.1) is 0 Å². The van der Waals surface area contributed by atoms with Gasteiger partial charge in [-0.1, -0.05) is 0 Å². The molecule has 0 saturated carbocycles. The Hall–Kier alpha value is -1.86. The van der Waals surface area contributed by atoms with E-state index in [0.29, 0.717) is 23.8 Å². The van der Waals surface area contributed by atoms with Crippen LogP contribution in [-0.2, 0) is 9.53 Å². The summed E-state index contributed by atoms with van der Waals surface area (Å²) in [4.78, 5) is 14.0. The van der Waals surface area contributed by atoms with Gasteiger partial charge in [-0.05, 0) is 56.1 Å². The Bertz CT molecular complexity index is 632. The highest BCUT2D eigenvalue weighted by Gasteiger charge is 2.23. The molecule has 2 heterocycles. The van der Waals surface area contributed by atoms with Crippen molar-refractivity contribution in [1.82, 2.24) is 5.32 Å². The molecule has 7 heteroatoms. The molecule has 0 aromatic heterocycles. The molecule has 3 rings (SSSR count). The smallest absolute Gasteiger partial charge is 0.227 e. The first-order valence-corrected chi connectivity index (χ1v) is 9.23. The maximum atomic E-state index is 12.2. The molecule has 2 N–H and O–H groups in total. The van der Waals surface area contributed by atoms with Gasteiger partial charge in [0.2, 0.25) is 5.91 Å². The zero-order chi connectivity index (χ0) is 17.6. The van der Waals surface area contributed by atoms with E-state index in [2.05, 4.69) is 10.6 Å². The van der Waals surface area contributed by atoms with Crippen LogP contribution in [0.15, 0.2) is 18.2 Å². The van der Waals surface area contributed by atoms with Crippen LogP contribution in [0.4, 0.5) is 11.4 Å². The molecule has 0 radical (unpaired) electrons. The normalized spacial score (nSPS) is 20.4. The number of ether oxygens (including phenoxy) is 2. The lowest BCUT2D eigenvalue weighted by molar-refractivity contribution is -0.119. The largest absolute Gasteiger partial charge is 0.495 e. The zero-order valence-corrected chi connectivity index (χ0v) is 15.4. The van der Waals surface area contributed by atoms with Gasteiger partial charge in [-0.25, -0.2) is 0 Å². The maximum Gasteiger partial charge on any atom is 0.227 e. The minimum absolute atomic E-state index is 0.140. The zero-order valence-electron chi connectivity index (χ0n) is 14.5. The van der Waals surface area contributed by atoms with Crippen LogP contribution >= 0.6 is 12.2 Å². The minimum atomic E-state index is 0.140. The van der Waals surface area contributed by atoms with E-state index in [-0.39, 0.29) is 12.0 Å². The monoisotopic (exact) mass is 363 g/mol. The molecule has 136 valence electrons. The van der Waals surface area contributed by atoms with Gasteiger partial charge in [0.25, 0.3) is 0 Å². The molecule has 1 amide bonds. The van der Waals surface area contributed by atoms with Crippen LogP contribution in [0.1, 0.15) is 32.1 Å². The third kappa shape index (κ3) is 4.61. The van der Waals surface area contributed by atoms with E-state index in [9.17, 15) is 4.79 Å². The fraction of sp³-hybridized carbons (Fsp3) is 0.556. The molecule has 1 atom stereocenters. The molecule has 2 fully saturated rings. The summed E-state index contributed by atoms with van der Waals surface area (Å²) in [6.07, 6.45) is 4.96. The van der Waals surface area contributed by atoms with Crippen LogP contribution in [0.3, 0.4) is 0 Å². The second-order valence-corrected chi connectivity index (χ2v) is 6.77. The molecule has 0 aliphatic carbocycles. The van der Waals surface area contributed by atoms with E-state index in [1.54, 1.807) is 12.0 Å². The first kappa shape index (κ1) is 17.9. The van der Waals surface area contributed by atoms with E-state index in [1.165, 1.54) is 0 Å². The topological polar surface area (TPSA) is 62.8 Å². The summed E-state index contributed by atoms with van der Waals surface area (Å²) in [5.74, 6) is 0.833. The van der Waals surface area contributed by atoms with E-state index in [0.717, 1.165) is 50.2 Å². The third-order valence-corrected chi connectivity index (χ3v) is 4.81. The Morgan fingerprint density at radius 3 is 3.00 bits per heavy atom. The Kier molecular flexibility index (Phi) is 6.09. The van der Waals surface area contributed by atoms with Gasteiger partial charge >= 0.3 is 0 Å². The number of carbonyl (C=O) groups is 1. The van der Waals surface area contributed by atoms with Gasteiger partial charge in [-0.3, -0.25) is 4.79 Å². The lowest BCUT2D eigenvalue weighted by atomic mass is 10.1. The number of nitrogens with zero attached hydrogens (tertiary/aromatic N) is 1. The predicted octanol–water partition coefficient (Wildman–Crippen LogP) is 2.68. The average Bonchev–Trinajstić information content (AvgIpc) is 3.14. The number of hydrogen-bond donors (Lipinski definition) is 2. The molecule has 0 spiro atoms. The average molecular weight is 363 g/mol. The number of anilines is 2. The number of rotatable bonds is 5. The summed E-state index contributed by atoms with van der Waals surface area (Å²) in [5, 5.41) is 6.93. The molecule has 2 aliphatic heterocycles. The molecule has 2 aliphatic rings. The number of amides is 1. The van der Waals surface area contributed by atoms with Crippen molar-refractivity contribution < 1.29 is 14.3 Å². The van der Waals surface area contributed by atoms with Crippen LogP contribution in [-0.4, -0.2) is 43.9 Å². The van der Waals surface area contributed by atoms with Gasteiger partial charge in [-0.2, -0.15) is 0 Å². The van der Waals surface area contributed by atoms with Crippen molar-refractivity contribution >= 4 is 34.6 Å². The Morgan fingerprint density at radius 2 is 2.28 bits per heavy atom. The number of thiocarbonyl (C=S) groups is 1. The van der Waals surface area contributed by atoms with E-state index >= 15 is 0 Å². The highest BCUT2D eigenvalue weighted by molar-refractivity contribution is 7.80. The number of benzene rings is 1. The quantitative estimate of drug-likeness (QED) is 0.785. The molecule has 1 aromatic rings. The lowest BCUT2D eigenvalue weighted by Crippen LogP contribution is -2.36. The lowest BCUT2D eigenvalue weighted by Gasteiger charge is -2.28. The molecule has 6 nitrogen and oxygen atoms in total. The fourth-order valence-corrected chi connectivity index (χ4v) is 3.43. The van der Waals surface area contributed by atoms with E-state index in [1.807, 2.05) is 18.2 Å². The van der Waals surface area contributed by atoms with E-state index in [4.69, 9.17) is 21.7 Å². The summed E-state index contributed by atoms with van der Waals surface area (Å²) in [6.45, 7) is 2.26. The van der Waals surface area contributed by atoms with E-state index < -0.39 is 0 Å². The molecule has 1 aromatic carbocycles. The Labute approximate surface area is 153 Å². The molecule has 1 unspecified atom stereocenters. The Morgan fingerprint density at radius 1 is 1.40 bits per heavy atom.